The topological polar surface area (TPSA) is 104 Å². The summed E-state index contributed by atoms with van der Waals surface area (Å²) in [5.41, 5.74) is 7.89. The fraction of sp³-hybridized carbons (Fsp3) is 0.0769. The second-order valence-electron chi connectivity index (χ2n) is 4.13. The molecule has 0 saturated carbocycles. The van der Waals surface area contributed by atoms with Crippen LogP contribution in [0.3, 0.4) is 0 Å². The molecule has 0 unspecified atom stereocenters. The van der Waals surface area contributed by atoms with Crippen molar-refractivity contribution in [3.05, 3.63) is 36.4 Å². The van der Waals surface area contributed by atoms with Gasteiger partial charge in [0.05, 0.1) is 6.33 Å². The van der Waals surface area contributed by atoms with Crippen LogP contribution >= 0.6 is 23.5 Å². The molecule has 21 heavy (non-hydrogen) atoms. The molecule has 0 aliphatic carbocycles. The molecule has 3 rings (SSSR count). The highest BCUT2D eigenvalue weighted by atomic mass is 32.2. The van der Waals surface area contributed by atoms with Gasteiger partial charge in [0, 0.05) is 15.4 Å². The van der Waals surface area contributed by atoms with E-state index < -0.39 is 0 Å². The van der Waals surface area contributed by atoms with Crippen LogP contribution in [0, 0.1) is 5.41 Å². The van der Waals surface area contributed by atoms with Gasteiger partial charge in [-0.15, -0.1) is 11.8 Å². The molecule has 0 aliphatic rings. The van der Waals surface area contributed by atoms with Gasteiger partial charge in [-0.2, -0.15) is 0 Å². The van der Waals surface area contributed by atoms with Crippen LogP contribution < -0.4 is 5.73 Å². The van der Waals surface area contributed by atoms with E-state index >= 15 is 0 Å². The van der Waals surface area contributed by atoms with Gasteiger partial charge in [-0.25, -0.2) is 15.0 Å². The summed E-state index contributed by atoms with van der Waals surface area (Å²) in [5.74, 6) is 0.0531. The molecule has 2 aromatic heterocycles. The molecule has 0 atom stereocenters. The molecular weight excluding hydrogens is 304 g/mol. The van der Waals surface area contributed by atoms with Crippen molar-refractivity contribution < 1.29 is 0 Å². The van der Waals surface area contributed by atoms with Gasteiger partial charge in [0.15, 0.2) is 5.65 Å². The quantitative estimate of drug-likeness (QED) is 0.296. The number of hydrogen-bond donors (Lipinski definition) is 3. The summed E-state index contributed by atoms with van der Waals surface area (Å²) >= 11 is 3.02. The average Bonchev–Trinajstić information content (AvgIpc) is 2.96. The van der Waals surface area contributed by atoms with Gasteiger partial charge in [-0.05, 0) is 18.4 Å². The number of benzene rings is 1. The van der Waals surface area contributed by atoms with Gasteiger partial charge in [0.1, 0.15) is 22.7 Å². The van der Waals surface area contributed by atoms with Gasteiger partial charge in [0.25, 0.3) is 0 Å². The Morgan fingerprint density at radius 2 is 2.05 bits per heavy atom. The van der Waals surface area contributed by atoms with E-state index in [9.17, 15) is 0 Å². The fourth-order valence-corrected chi connectivity index (χ4v) is 3.69. The Morgan fingerprint density at radius 3 is 2.81 bits per heavy atom. The van der Waals surface area contributed by atoms with Crippen molar-refractivity contribution in [1.82, 2.24) is 19.9 Å². The van der Waals surface area contributed by atoms with E-state index in [0.29, 0.717) is 5.65 Å². The predicted octanol–water partition coefficient (Wildman–Crippen LogP) is 2.51. The average molecular weight is 316 g/mol. The Bertz CT molecular complexity index is 813. The SMILES string of the molecule is CSc1cccc(Sc2ncnc3nc[nH]c23)c1C(=N)N. The fourth-order valence-electron chi connectivity index (χ4n) is 1.96. The standard InChI is InChI=1S/C13H12N6S2/c1-20-7-3-2-4-8(9(7)11(14)15)21-13-10-12(17-5-16-10)18-6-19-13/h2-6H,1H3,(H3,14,15)(H,16,17,18,19). The Balaban J connectivity index is 2.10. The number of aromatic amines is 1. The third-order valence-electron chi connectivity index (χ3n) is 2.87. The summed E-state index contributed by atoms with van der Waals surface area (Å²) in [6, 6.07) is 5.84. The number of thioether (sulfide) groups is 1. The molecule has 4 N–H and O–H groups in total. The van der Waals surface area contributed by atoms with Crippen LogP contribution in [0.4, 0.5) is 0 Å². The Kier molecular flexibility index (Phi) is 3.80. The number of rotatable bonds is 4. The zero-order chi connectivity index (χ0) is 14.8. The van der Waals surface area contributed by atoms with E-state index in [-0.39, 0.29) is 5.84 Å². The number of nitrogens with one attached hydrogen (secondary N) is 2. The van der Waals surface area contributed by atoms with Gasteiger partial charge < -0.3 is 10.7 Å². The number of hydrogen-bond acceptors (Lipinski definition) is 6. The normalized spacial score (nSPS) is 10.9. The second kappa shape index (κ2) is 5.74. The van der Waals surface area contributed by atoms with Crippen molar-refractivity contribution in [1.29, 1.82) is 5.41 Å². The third kappa shape index (κ3) is 2.59. The minimum Gasteiger partial charge on any atom is -0.384 e. The van der Waals surface area contributed by atoms with Crippen LogP contribution in [0.5, 0.6) is 0 Å². The molecule has 0 radical (unpaired) electrons. The highest BCUT2D eigenvalue weighted by Crippen LogP contribution is 2.35. The lowest BCUT2D eigenvalue weighted by Crippen LogP contribution is -2.13. The van der Waals surface area contributed by atoms with Crippen molar-refractivity contribution in [2.45, 2.75) is 14.8 Å². The number of nitrogens with two attached hydrogens (primary N) is 1. The predicted molar refractivity (Wildman–Crippen MR) is 85.0 cm³/mol. The lowest BCUT2D eigenvalue weighted by atomic mass is 10.2. The minimum atomic E-state index is 0.0531. The van der Waals surface area contributed by atoms with Crippen molar-refractivity contribution in [3.8, 4) is 0 Å². The van der Waals surface area contributed by atoms with Crippen molar-refractivity contribution >= 4 is 40.5 Å². The molecule has 1 aromatic carbocycles. The molecule has 2 heterocycles. The van der Waals surface area contributed by atoms with Crippen LogP contribution in [0.25, 0.3) is 11.2 Å². The summed E-state index contributed by atoms with van der Waals surface area (Å²) in [4.78, 5) is 17.4. The zero-order valence-corrected chi connectivity index (χ0v) is 12.8. The monoisotopic (exact) mass is 316 g/mol. The molecule has 8 heteroatoms. The Morgan fingerprint density at radius 1 is 1.24 bits per heavy atom. The lowest BCUT2D eigenvalue weighted by molar-refractivity contribution is 1.08. The first-order chi connectivity index (χ1) is 10.2. The van der Waals surface area contributed by atoms with Crippen LogP contribution in [0.1, 0.15) is 5.56 Å². The summed E-state index contributed by atoms with van der Waals surface area (Å²) in [5, 5.41) is 8.58. The molecular formula is C13H12N6S2. The highest BCUT2D eigenvalue weighted by molar-refractivity contribution is 8.00. The first-order valence-corrected chi connectivity index (χ1v) is 8.08. The van der Waals surface area contributed by atoms with E-state index in [4.69, 9.17) is 11.1 Å². The van der Waals surface area contributed by atoms with Crippen molar-refractivity contribution in [3.63, 3.8) is 0 Å². The molecule has 0 aliphatic heterocycles. The van der Waals surface area contributed by atoms with Crippen LogP contribution in [-0.2, 0) is 0 Å². The molecule has 0 fully saturated rings. The molecule has 0 bridgehead atoms. The smallest absolute Gasteiger partial charge is 0.181 e. The maximum Gasteiger partial charge on any atom is 0.181 e. The van der Waals surface area contributed by atoms with Gasteiger partial charge in [0.2, 0.25) is 0 Å². The molecule has 0 amide bonds. The number of nitrogens with zero attached hydrogens (tertiary/aromatic N) is 3. The number of amidine groups is 1. The Hall–Kier alpha value is -2.06. The molecule has 0 spiro atoms. The van der Waals surface area contributed by atoms with E-state index in [2.05, 4.69) is 19.9 Å². The number of nitrogen functional groups attached to an aromatic ring is 1. The molecule has 6 nitrogen and oxygen atoms in total. The van der Waals surface area contributed by atoms with Crippen molar-refractivity contribution in [2.24, 2.45) is 5.73 Å². The third-order valence-corrected chi connectivity index (χ3v) is 4.72. The largest absolute Gasteiger partial charge is 0.384 e. The van der Waals surface area contributed by atoms with Crippen molar-refractivity contribution in [2.75, 3.05) is 6.26 Å². The maximum absolute atomic E-state index is 7.82. The number of fused-ring (bicyclic) bond motifs is 1. The summed E-state index contributed by atoms with van der Waals surface area (Å²) in [7, 11) is 0. The maximum atomic E-state index is 7.82. The Labute approximate surface area is 129 Å². The molecule has 106 valence electrons. The van der Waals surface area contributed by atoms with E-state index in [1.165, 1.54) is 18.1 Å². The molecule has 0 saturated heterocycles. The van der Waals surface area contributed by atoms with E-state index in [1.807, 2.05) is 24.5 Å². The second-order valence-corrected chi connectivity index (χ2v) is 6.01. The first-order valence-electron chi connectivity index (χ1n) is 6.04. The number of H-pyrrole nitrogens is 1. The van der Waals surface area contributed by atoms with Gasteiger partial charge in [-0.1, -0.05) is 17.8 Å². The minimum absolute atomic E-state index is 0.0531. The summed E-state index contributed by atoms with van der Waals surface area (Å²) < 4.78 is 0. The van der Waals surface area contributed by atoms with E-state index in [0.717, 1.165) is 25.9 Å². The van der Waals surface area contributed by atoms with Gasteiger partial charge in [-0.3, -0.25) is 5.41 Å². The summed E-state index contributed by atoms with van der Waals surface area (Å²) in [6.07, 6.45) is 5.04. The number of aromatic nitrogens is 4. The first kappa shape index (κ1) is 13.9. The van der Waals surface area contributed by atoms with Crippen LogP contribution in [0.15, 0.2) is 45.7 Å². The van der Waals surface area contributed by atoms with E-state index in [1.54, 1.807) is 18.1 Å². The lowest BCUT2D eigenvalue weighted by Gasteiger charge is -2.11. The number of imidazole rings is 1. The van der Waals surface area contributed by atoms with Crippen LogP contribution in [-0.4, -0.2) is 32.0 Å². The van der Waals surface area contributed by atoms with Crippen LogP contribution in [0.2, 0.25) is 0 Å². The molecule has 3 aromatic rings. The summed E-state index contributed by atoms with van der Waals surface area (Å²) in [6.45, 7) is 0. The highest BCUT2D eigenvalue weighted by Gasteiger charge is 2.14. The van der Waals surface area contributed by atoms with Gasteiger partial charge >= 0.3 is 0 Å². The zero-order valence-electron chi connectivity index (χ0n) is 11.1.